The van der Waals surface area contributed by atoms with Crippen LogP contribution in [0.3, 0.4) is 0 Å². The van der Waals surface area contributed by atoms with Gasteiger partial charge in [-0.25, -0.2) is 0 Å². The van der Waals surface area contributed by atoms with Crippen molar-refractivity contribution in [2.24, 2.45) is 11.7 Å². The summed E-state index contributed by atoms with van der Waals surface area (Å²) >= 11 is 0. The molecule has 0 spiro atoms. The minimum Gasteiger partial charge on any atom is -0.493 e. The standard InChI is InChI=1S/C17H26N2O/c1-13-3-2-8-19(9-6-13)16(12-18)14-4-5-17-15(11-14)7-10-20-17/h4-5,11,13,16H,2-3,6-10,12,18H2,1H3. The summed E-state index contributed by atoms with van der Waals surface area (Å²) in [7, 11) is 0. The molecule has 110 valence electrons. The Balaban J connectivity index is 1.78. The summed E-state index contributed by atoms with van der Waals surface area (Å²) < 4.78 is 5.60. The van der Waals surface area contributed by atoms with E-state index < -0.39 is 0 Å². The first-order valence-electron chi connectivity index (χ1n) is 7.97. The van der Waals surface area contributed by atoms with E-state index in [4.69, 9.17) is 10.5 Å². The van der Waals surface area contributed by atoms with E-state index in [1.165, 1.54) is 43.5 Å². The molecule has 0 bridgehead atoms. The Morgan fingerprint density at radius 1 is 1.35 bits per heavy atom. The van der Waals surface area contributed by atoms with Crippen molar-refractivity contribution in [3.8, 4) is 5.75 Å². The molecular formula is C17H26N2O. The Labute approximate surface area is 122 Å². The maximum Gasteiger partial charge on any atom is 0.122 e. The summed E-state index contributed by atoms with van der Waals surface area (Å²) in [5, 5.41) is 0. The topological polar surface area (TPSA) is 38.5 Å². The maximum atomic E-state index is 6.09. The molecule has 0 radical (unpaired) electrons. The van der Waals surface area contributed by atoms with Crippen molar-refractivity contribution < 1.29 is 4.74 Å². The monoisotopic (exact) mass is 274 g/mol. The van der Waals surface area contributed by atoms with E-state index in [0.29, 0.717) is 12.6 Å². The number of hydrogen-bond acceptors (Lipinski definition) is 3. The van der Waals surface area contributed by atoms with Gasteiger partial charge in [0.2, 0.25) is 0 Å². The summed E-state index contributed by atoms with van der Waals surface area (Å²) in [6, 6.07) is 7.01. The summed E-state index contributed by atoms with van der Waals surface area (Å²) in [5.74, 6) is 1.92. The van der Waals surface area contributed by atoms with Gasteiger partial charge in [-0.15, -0.1) is 0 Å². The third kappa shape index (κ3) is 2.84. The van der Waals surface area contributed by atoms with Crippen molar-refractivity contribution in [1.82, 2.24) is 4.90 Å². The van der Waals surface area contributed by atoms with Crippen LogP contribution < -0.4 is 10.5 Å². The van der Waals surface area contributed by atoms with Gasteiger partial charge in [-0.05, 0) is 55.5 Å². The molecule has 0 amide bonds. The number of nitrogens with zero attached hydrogens (tertiary/aromatic N) is 1. The lowest BCUT2D eigenvalue weighted by molar-refractivity contribution is 0.207. The average Bonchev–Trinajstić information content (AvgIpc) is 2.82. The van der Waals surface area contributed by atoms with E-state index >= 15 is 0 Å². The van der Waals surface area contributed by atoms with Gasteiger partial charge < -0.3 is 10.5 Å². The Kier molecular flexibility index (Phi) is 4.27. The van der Waals surface area contributed by atoms with E-state index in [1.54, 1.807) is 0 Å². The van der Waals surface area contributed by atoms with Crippen LogP contribution in [0.5, 0.6) is 5.75 Å². The van der Waals surface area contributed by atoms with E-state index in [0.717, 1.165) is 24.7 Å². The molecule has 1 fully saturated rings. The zero-order valence-corrected chi connectivity index (χ0v) is 12.5. The Hall–Kier alpha value is -1.06. The molecule has 2 aliphatic heterocycles. The van der Waals surface area contributed by atoms with Crippen molar-refractivity contribution >= 4 is 0 Å². The fourth-order valence-electron chi connectivity index (χ4n) is 3.51. The normalized spacial score (nSPS) is 24.8. The first-order chi connectivity index (χ1) is 9.78. The van der Waals surface area contributed by atoms with Gasteiger partial charge in [0.15, 0.2) is 0 Å². The average molecular weight is 274 g/mol. The number of hydrogen-bond donors (Lipinski definition) is 1. The third-order valence-corrected chi connectivity index (χ3v) is 4.81. The van der Waals surface area contributed by atoms with Gasteiger partial charge in [0.1, 0.15) is 5.75 Å². The van der Waals surface area contributed by atoms with Crippen molar-refractivity contribution in [3.05, 3.63) is 29.3 Å². The lowest BCUT2D eigenvalue weighted by Crippen LogP contribution is -2.34. The Morgan fingerprint density at radius 2 is 2.25 bits per heavy atom. The molecule has 3 nitrogen and oxygen atoms in total. The second-order valence-corrected chi connectivity index (χ2v) is 6.29. The molecule has 2 unspecified atom stereocenters. The highest BCUT2D eigenvalue weighted by atomic mass is 16.5. The Bertz CT molecular complexity index is 460. The van der Waals surface area contributed by atoms with Crippen LogP contribution in [-0.2, 0) is 6.42 Å². The second kappa shape index (κ2) is 6.15. The molecule has 1 aromatic carbocycles. The molecule has 2 heterocycles. The number of rotatable bonds is 3. The zero-order valence-electron chi connectivity index (χ0n) is 12.5. The third-order valence-electron chi connectivity index (χ3n) is 4.81. The number of likely N-dealkylation sites (tertiary alicyclic amines) is 1. The molecule has 20 heavy (non-hydrogen) atoms. The SMILES string of the molecule is CC1CCCN(C(CN)c2ccc3c(c2)CCO3)CC1. The molecule has 2 atom stereocenters. The van der Waals surface area contributed by atoms with Gasteiger partial charge in [0.05, 0.1) is 6.61 Å². The molecule has 0 aliphatic carbocycles. The molecule has 1 saturated heterocycles. The van der Waals surface area contributed by atoms with Gasteiger partial charge in [-0.1, -0.05) is 19.1 Å². The first-order valence-corrected chi connectivity index (χ1v) is 7.97. The van der Waals surface area contributed by atoms with Crippen LogP contribution in [0.1, 0.15) is 43.4 Å². The minimum absolute atomic E-state index is 0.367. The number of nitrogens with two attached hydrogens (primary N) is 1. The van der Waals surface area contributed by atoms with Crippen LogP contribution in [0, 0.1) is 5.92 Å². The Morgan fingerprint density at radius 3 is 3.10 bits per heavy atom. The summed E-state index contributed by atoms with van der Waals surface area (Å²) in [5.41, 5.74) is 8.81. The zero-order chi connectivity index (χ0) is 13.9. The van der Waals surface area contributed by atoms with Gasteiger partial charge in [-0.3, -0.25) is 4.90 Å². The lowest BCUT2D eigenvalue weighted by Gasteiger charge is -2.30. The van der Waals surface area contributed by atoms with Gasteiger partial charge >= 0.3 is 0 Å². The number of fused-ring (bicyclic) bond motifs is 1. The molecule has 2 N–H and O–H groups in total. The van der Waals surface area contributed by atoms with Crippen molar-refractivity contribution in [3.63, 3.8) is 0 Å². The molecule has 0 aromatic heterocycles. The number of benzene rings is 1. The highest BCUT2D eigenvalue weighted by Crippen LogP contribution is 2.31. The van der Waals surface area contributed by atoms with Crippen LogP contribution in [-0.4, -0.2) is 31.1 Å². The highest BCUT2D eigenvalue weighted by Gasteiger charge is 2.23. The van der Waals surface area contributed by atoms with Crippen LogP contribution in [0.4, 0.5) is 0 Å². The summed E-state index contributed by atoms with van der Waals surface area (Å²) in [6.45, 7) is 6.26. The first kappa shape index (κ1) is 13.9. The van der Waals surface area contributed by atoms with Crippen LogP contribution in [0.2, 0.25) is 0 Å². The quantitative estimate of drug-likeness (QED) is 0.921. The van der Waals surface area contributed by atoms with E-state index in [2.05, 4.69) is 30.0 Å². The molecular weight excluding hydrogens is 248 g/mol. The van der Waals surface area contributed by atoms with E-state index in [1.807, 2.05) is 0 Å². The molecule has 3 heteroatoms. The van der Waals surface area contributed by atoms with Crippen molar-refractivity contribution in [2.45, 2.75) is 38.6 Å². The molecule has 2 aliphatic rings. The molecule has 3 rings (SSSR count). The van der Waals surface area contributed by atoms with Crippen molar-refractivity contribution in [1.29, 1.82) is 0 Å². The van der Waals surface area contributed by atoms with Crippen LogP contribution in [0.15, 0.2) is 18.2 Å². The number of ether oxygens (including phenoxy) is 1. The van der Waals surface area contributed by atoms with E-state index in [9.17, 15) is 0 Å². The predicted octanol–water partition coefficient (Wildman–Crippen LogP) is 2.74. The summed E-state index contributed by atoms with van der Waals surface area (Å²) in [6.07, 6.45) is 4.99. The van der Waals surface area contributed by atoms with Crippen LogP contribution >= 0.6 is 0 Å². The fraction of sp³-hybridized carbons (Fsp3) is 0.647. The van der Waals surface area contributed by atoms with E-state index in [-0.39, 0.29) is 0 Å². The molecule has 1 aromatic rings. The van der Waals surface area contributed by atoms with Crippen molar-refractivity contribution in [2.75, 3.05) is 26.2 Å². The lowest BCUT2D eigenvalue weighted by atomic mass is 10.0. The smallest absolute Gasteiger partial charge is 0.122 e. The molecule has 0 saturated carbocycles. The predicted molar refractivity (Wildman–Crippen MR) is 82.0 cm³/mol. The maximum absolute atomic E-state index is 6.09. The van der Waals surface area contributed by atoms with Gasteiger partial charge in [0.25, 0.3) is 0 Å². The highest BCUT2D eigenvalue weighted by molar-refractivity contribution is 5.40. The van der Waals surface area contributed by atoms with Crippen LogP contribution in [0.25, 0.3) is 0 Å². The van der Waals surface area contributed by atoms with Gasteiger partial charge in [-0.2, -0.15) is 0 Å². The fourth-order valence-corrected chi connectivity index (χ4v) is 3.51. The largest absolute Gasteiger partial charge is 0.493 e. The minimum atomic E-state index is 0.367. The summed E-state index contributed by atoms with van der Waals surface area (Å²) in [4.78, 5) is 2.58. The second-order valence-electron chi connectivity index (χ2n) is 6.29. The van der Waals surface area contributed by atoms with Gasteiger partial charge in [0, 0.05) is 19.0 Å².